The van der Waals surface area contributed by atoms with Crippen LogP contribution in [0.2, 0.25) is 0 Å². The van der Waals surface area contributed by atoms with Crippen molar-refractivity contribution >= 4 is 11.6 Å². The molecule has 122 valence electrons. The molecule has 1 amide bonds. The van der Waals surface area contributed by atoms with Crippen LogP contribution in [0.15, 0.2) is 59.7 Å². The first kappa shape index (κ1) is 15.9. The number of fused-ring (bicyclic) bond motifs is 1. The second kappa shape index (κ2) is 6.66. The van der Waals surface area contributed by atoms with Crippen LogP contribution >= 0.6 is 0 Å². The van der Waals surface area contributed by atoms with Gasteiger partial charge in [-0.05, 0) is 31.0 Å². The normalized spacial score (nSPS) is 12.1. The molecule has 0 aliphatic rings. The van der Waals surface area contributed by atoms with Gasteiger partial charge in [0.2, 0.25) is 0 Å². The molecule has 3 rings (SSSR count). The maximum atomic E-state index is 12.6. The second-order valence-corrected chi connectivity index (χ2v) is 5.75. The minimum absolute atomic E-state index is 0.0456. The minimum Gasteiger partial charge on any atom is -0.345 e. The van der Waals surface area contributed by atoms with Crippen LogP contribution in [0, 0.1) is 6.92 Å². The molecular weight excluding hydrogens is 302 g/mol. The molecule has 24 heavy (non-hydrogen) atoms. The molecule has 0 radical (unpaired) electrons. The van der Waals surface area contributed by atoms with Crippen LogP contribution in [0.25, 0.3) is 5.65 Å². The van der Waals surface area contributed by atoms with E-state index in [9.17, 15) is 9.59 Å². The van der Waals surface area contributed by atoms with Crippen molar-refractivity contribution in [2.24, 2.45) is 0 Å². The van der Waals surface area contributed by atoms with Crippen LogP contribution < -0.4 is 10.9 Å². The Morgan fingerprint density at radius 2 is 1.96 bits per heavy atom. The Kier molecular flexibility index (Phi) is 4.42. The molecule has 0 saturated carbocycles. The van der Waals surface area contributed by atoms with E-state index in [4.69, 9.17) is 0 Å². The molecule has 5 nitrogen and oxygen atoms in total. The fraction of sp³-hybridized carbons (Fsp3) is 0.211. The molecule has 0 spiro atoms. The van der Waals surface area contributed by atoms with Crippen molar-refractivity contribution in [3.63, 3.8) is 0 Å². The lowest BCUT2D eigenvalue weighted by molar-refractivity contribution is 0.0933. The highest BCUT2D eigenvalue weighted by Crippen LogP contribution is 2.17. The SMILES string of the molecule is CCC(NC(=O)c1cnc2ccccn2c1=O)c1ccc(C)cc1. The van der Waals surface area contributed by atoms with E-state index >= 15 is 0 Å². The van der Waals surface area contributed by atoms with Crippen molar-refractivity contribution in [3.05, 3.63) is 81.9 Å². The van der Waals surface area contributed by atoms with Crippen molar-refractivity contribution in [2.75, 3.05) is 0 Å². The lowest BCUT2D eigenvalue weighted by atomic mass is 10.0. The fourth-order valence-electron chi connectivity index (χ4n) is 2.64. The van der Waals surface area contributed by atoms with E-state index in [0.717, 1.165) is 17.5 Å². The first-order valence-corrected chi connectivity index (χ1v) is 7.94. The summed E-state index contributed by atoms with van der Waals surface area (Å²) < 4.78 is 1.38. The number of rotatable bonds is 4. The van der Waals surface area contributed by atoms with Gasteiger partial charge >= 0.3 is 0 Å². The first-order valence-electron chi connectivity index (χ1n) is 7.94. The van der Waals surface area contributed by atoms with E-state index in [2.05, 4.69) is 10.3 Å². The topological polar surface area (TPSA) is 63.5 Å². The van der Waals surface area contributed by atoms with Crippen molar-refractivity contribution in [1.29, 1.82) is 0 Å². The summed E-state index contributed by atoms with van der Waals surface area (Å²) in [6, 6.07) is 13.1. The zero-order valence-electron chi connectivity index (χ0n) is 13.7. The molecule has 1 aromatic carbocycles. The van der Waals surface area contributed by atoms with Crippen LogP contribution in [0.1, 0.15) is 40.9 Å². The Bertz CT molecular complexity index is 929. The van der Waals surface area contributed by atoms with Gasteiger partial charge in [0.25, 0.3) is 11.5 Å². The molecule has 0 aliphatic carbocycles. The van der Waals surface area contributed by atoms with Gasteiger partial charge in [0.1, 0.15) is 11.2 Å². The molecule has 0 bridgehead atoms. The highest BCUT2D eigenvalue weighted by molar-refractivity contribution is 5.94. The van der Waals surface area contributed by atoms with E-state index in [1.54, 1.807) is 24.4 Å². The zero-order chi connectivity index (χ0) is 17.1. The number of aryl methyl sites for hydroxylation is 1. The summed E-state index contributed by atoms with van der Waals surface area (Å²) in [6.07, 6.45) is 3.69. The summed E-state index contributed by atoms with van der Waals surface area (Å²) in [5.41, 5.74) is 2.38. The van der Waals surface area contributed by atoms with E-state index in [1.807, 2.05) is 38.1 Å². The average molecular weight is 321 g/mol. The van der Waals surface area contributed by atoms with Crippen LogP contribution in [0.4, 0.5) is 0 Å². The minimum atomic E-state index is -0.404. The Balaban J connectivity index is 1.90. The molecule has 1 atom stereocenters. The monoisotopic (exact) mass is 321 g/mol. The molecule has 2 aromatic heterocycles. The number of carbonyl (C=O) groups excluding carboxylic acids is 1. The Morgan fingerprint density at radius 1 is 1.21 bits per heavy atom. The van der Waals surface area contributed by atoms with Crippen LogP contribution in [-0.4, -0.2) is 15.3 Å². The molecule has 3 aromatic rings. The molecule has 0 saturated heterocycles. The number of nitrogens with zero attached hydrogens (tertiary/aromatic N) is 2. The fourth-order valence-corrected chi connectivity index (χ4v) is 2.64. The van der Waals surface area contributed by atoms with Gasteiger partial charge < -0.3 is 5.32 Å². The molecule has 0 aliphatic heterocycles. The Labute approximate surface area is 140 Å². The summed E-state index contributed by atoms with van der Waals surface area (Å²) in [5.74, 6) is -0.404. The molecule has 0 fully saturated rings. The van der Waals surface area contributed by atoms with Crippen molar-refractivity contribution < 1.29 is 4.79 Å². The maximum absolute atomic E-state index is 12.6. The Morgan fingerprint density at radius 3 is 2.67 bits per heavy atom. The van der Waals surface area contributed by atoms with Crippen molar-refractivity contribution in [1.82, 2.24) is 14.7 Å². The standard InChI is InChI=1S/C19H19N3O2/c1-3-16(14-9-7-13(2)8-10-14)21-18(23)15-12-20-17-6-4-5-11-22(17)19(15)24/h4-12,16H,3H2,1-2H3,(H,21,23). The van der Waals surface area contributed by atoms with Crippen LogP contribution in [0.5, 0.6) is 0 Å². The summed E-state index contributed by atoms with van der Waals surface area (Å²) in [5, 5.41) is 2.93. The van der Waals surface area contributed by atoms with Gasteiger partial charge in [0, 0.05) is 12.4 Å². The van der Waals surface area contributed by atoms with E-state index in [1.165, 1.54) is 10.6 Å². The van der Waals surface area contributed by atoms with Gasteiger partial charge in [-0.15, -0.1) is 0 Å². The highest BCUT2D eigenvalue weighted by atomic mass is 16.2. The quantitative estimate of drug-likeness (QED) is 0.803. The molecule has 1 N–H and O–H groups in total. The summed E-state index contributed by atoms with van der Waals surface area (Å²) in [6.45, 7) is 4.02. The smallest absolute Gasteiger partial charge is 0.270 e. The van der Waals surface area contributed by atoms with Gasteiger partial charge in [-0.1, -0.05) is 42.8 Å². The van der Waals surface area contributed by atoms with Gasteiger partial charge in [0.15, 0.2) is 0 Å². The number of hydrogen-bond donors (Lipinski definition) is 1. The predicted molar refractivity (Wildman–Crippen MR) is 93.1 cm³/mol. The number of aromatic nitrogens is 2. The molecule has 2 heterocycles. The van der Waals surface area contributed by atoms with Gasteiger partial charge in [0.05, 0.1) is 6.04 Å². The number of hydrogen-bond acceptors (Lipinski definition) is 3. The molecule has 5 heteroatoms. The van der Waals surface area contributed by atoms with Crippen LogP contribution in [-0.2, 0) is 0 Å². The van der Waals surface area contributed by atoms with E-state index in [0.29, 0.717) is 5.65 Å². The number of nitrogens with one attached hydrogen (secondary N) is 1. The third-order valence-corrected chi connectivity index (χ3v) is 4.05. The largest absolute Gasteiger partial charge is 0.345 e. The summed E-state index contributed by atoms with van der Waals surface area (Å²) in [7, 11) is 0. The second-order valence-electron chi connectivity index (χ2n) is 5.75. The van der Waals surface area contributed by atoms with Crippen LogP contribution in [0.3, 0.4) is 0 Å². The van der Waals surface area contributed by atoms with E-state index < -0.39 is 5.91 Å². The Hall–Kier alpha value is -2.95. The third-order valence-electron chi connectivity index (χ3n) is 4.05. The third kappa shape index (κ3) is 3.06. The highest BCUT2D eigenvalue weighted by Gasteiger charge is 2.17. The number of pyridine rings is 1. The van der Waals surface area contributed by atoms with Gasteiger partial charge in [-0.2, -0.15) is 0 Å². The van der Waals surface area contributed by atoms with Gasteiger partial charge in [-0.25, -0.2) is 4.98 Å². The summed E-state index contributed by atoms with van der Waals surface area (Å²) >= 11 is 0. The first-order chi connectivity index (χ1) is 11.6. The maximum Gasteiger partial charge on any atom is 0.270 e. The molecular formula is C19H19N3O2. The number of carbonyl (C=O) groups is 1. The summed E-state index contributed by atoms with van der Waals surface area (Å²) in [4.78, 5) is 29.2. The van der Waals surface area contributed by atoms with Crippen molar-refractivity contribution in [3.8, 4) is 0 Å². The van der Waals surface area contributed by atoms with Crippen molar-refractivity contribution in [2.45, 2.75) is 26.3 Å². The number of amides is 1. The zero-order valence-corrected chi connectivity index (χ0v) is 13.7. The van der Waals surface area contributed by atoms with E-state index in [-0.39, 0.29) is 17.2 Å². The number of benzene rings is 1. The molecule has 1 unspecified atom stereocenters. The lowest BCUT2D eigenvalue weighted by Gasteiger charge is -2.17. The predicted octanol–water partition coefficient (Wildman–Crippen LogP) is 2.88. The average Bonchev–Trinajstić information content (AvgIpc) is 2.61. The van der Waals surface area contributed by atoms with Gasteiger partial charge in [-0.3, -0.25) is 14.0 Å². The lowest BCUT2D eigenvalue weighted by Crippen LogP contribution is -2.34.